The van der Waals surface area contributed by atoms with Gasteiger partial charge in [0.25, 0.3) is 0 Å². The number of hydrogen-bond donors (Lipinski definition) is 2. The number of halogens is 2. The van der Waals surface area contributed by atoms with Crippen molar-refractivity contribution in [1.82, 2.24) is 0 Å². The Hall–Kier alpha value is -3.05. The molecule has 0 aliphatic carbocycles. The van der Waals surface area contributed by atoms with Gasteiger partial charge in [-0.25, -0.2) is 4.39 Å². The number of anilines is 2. The van der Waals surface area contributed by atoms with E-state index in [0.717, 1.165) is 0 Å². The lowest BCUT2D eigenvalue weighted by Crippen LogP contribution is -2.16. The SMILES string of the molecule is O=C(CCNc1ccc(F)c(Cl)c1)Nc1ccccc1Oc1ccccc1. The van der Waals surface area contributed by atoms with E-state index in [1.165, 1.54) is 12.1 Å². The highest BCUT2D eigenvalue weighted by Crippen LogP contribution is 2.29. The van der Waals surface area contributed by atoms with Crippen LogP contribution in [0.25, 0.3) is 0 Å². The predicted octanol–water partition coefficient (Wildman–Crippen LogP) is 5.71. The molecule has 1 amide bonds. The Morgan fingerprint density at radius 3 is 2.52 bits per heavy atom. The van der Waals surface area contributed by atoms with Crippen LogP contribution in [0.5, 0.6) is 11.5 Å². The lowest BCUT2D eigenvalue weighted by atomic mass is 10.2. The lowest BCUT2D eigenvalue weighted by Gasteiger charge is -2.12. The van der Waals surface area contributed by atoms with Crippen LogP contribution >= 0.6 is 11.6 Å². The third-order valence-electron chi connectivity index (χ3n) is 3.73. The van der Waals surface area contributed by atoms with Crippen LogP contribution in [0.2, 0.25) is 5.02 Å². The zero-order valence-electron chi connectivity index (χ0n) is 14.4. The van der Waals surface area contributed by atoms with Gasteiger partial charge in [-0.3, -0.25) is 4.79 Å². The first kappa shape index (κ1) is 18.7. The summed E-state index contributed by atoms with van der Waals surface area (Å²) in [5.41, 5.74) is 1.25. The van der Waals surface area contributed by atoms with Crippen LogP contribution in [0.3, 0.4) is 0 Å². The van der Waals surface area contributed by atoms with Gasteiger partial charge in [-0.1, -0.05) is 41.9 Å². The first-order chi connectivity index (χ1) is 13.1. The summed E-state index contributed by atoms with van der Waals surface area (Å²) in [5, 5.41) is 5.93. The molecule has 0 bridgehead atoms. The van der Waals surface area contributed by atoms with Crippen LogP contribution < -0.4 is 15.4 Å². The average molecular weight is 385 g/mol. The molecular formula is C21H18ClFN2O2. The molecule has 0 radical (unpaired) electrons. The van der Waals surface area contributed by atoms with E-state index in [0.29, 0.717) is 29.4 Å². The Bertz CT molecular complexity index is 919. The first-order valence-electron chi connectivity index (χ1n) is 8.42. The minimum Gasteiger partial charge on any atom is -0.455 e. The van der Waals surface area contributed by atoms with Gasteiger partial charge >= 0.3 is 0 Å². The predicted molar refractivity (Wildman–Crippen MR) is 106 cm³/mol. The second-order valence-electron chi connectivity index (χ2n) is 5.77. The van der Waals surface area contributed by atoms with E-state index < -0.39 is 5.82 Å². The Balaban J connectivity index is 1.55. The molecule has 0 saturated heterocycles. The smallest absolute Gasteiger partial charge is 0.226 e. The highest BCUT2D eigenvalue weighted by Gasteiger charge is 2.09. The van der Waals surface area contributed by atoms with Gasteiger partial charge in [0.15, 0.2) is 5.75 Å². The molecular weight excluding hydrogens is 367 g/mol. The molecule has 3 aromatic carbocycles. The number of hydrogen-bond acceptors (Lipinski definition) is 3. The average Bonchev–Trinajstić information content (AvgIpc) is 2.67. The van der Waals surface area contributed by atoms with Crippen molar-refractivity contribution in [2.75, 3.05) is 17.2 Å². The monoisotopic (exact) mass is 384 g/mol. The van der Waals surface area contributed by atoms with E-state index in [9.17, 15) is 9.18 Å². The van der Waals surface area contributed by atoms with Crippen molar-refractivity contribution in [2.45, 2.75) is 6.42 Å². The van der Waals surface area contributed by atoms with Crippen LogP contribution in [0.15, 0.2) is 72.8 Å². The number of benzene rings is 3. The van der Waals surface area contributed by atoms with Gasteiger partial charge in [-0.15, -0.1) is 0 Å². The van der Waals surface area contributed by atoms with Crippen LogP contribution in [0, 0.1) is 5.82 Å². The normalized spacial score (nSPS) is 10.3. The summed E-state index contributed by atoms with van der Waals surface area (Å²) in [7, 11) is 0. The van der Waals surface area contributed by atoms with Gasteiger partial charge < -0.3 is 15.4 Å². The summed E-state index contributed by atoms with van der Waals surface area (Å²) in [6, 6.07) is 20.9. The summed E-state index contributed by atoms with van der Waals surface area (Å²) < 4.78 is 19.0. The molecule has 4 nitrogen and oxygen atoms in total. The Labute approximate surface area is 161 Å². The molecule has 2 N–H and O–H groups in total. The van der Waals surface area contributed by atoms with Gasteiger partial charge in [0.2, 0.25) is 5.91 Å². The van der Waals surface area contributed by atoms with Crippen molar-refractivity contribution in [2.24, 2.45) is 0 Å². The quantitative estimate of drug-likeness (QED) is 0.548. The fourth-order valence-electron chi connectivity index (χ4n) is 2.41. The van der Waals surface area contributed by atoms with Crippen LogP contribution in [-0.2, 0) is 4.79 Å². The number of para-hydroxylation sites is 3. The van der Waals surface area contributed by atoms with E-state index in [-0.39, 0.29) is 17.4 Å². The molecule has 3 aromatic rings. The Morgan fingerprint density at radius 2 is 1.74 bits per heavy atom. The van der Waals surface area contributed by atoms with Gasteiger partial charge in [-0.05, 0) is 42.5 Å². The van der Waals surface area contributed by atoms with E-state index >= 15 is 0 Å². The van der Waals surface area contributed by atoms with Crippen molar-refractivity contribution >= 4 is 28.9 Å². The molecule has 3 rings (SSSR count). The molecule has 0 aromatic heterocycles. The topological polar surface area (TPSA) is 50.4 Å². The van der Waals surface area contributed by atoms with E-state index in [4.69, 9.17) is 16.3 Å². The Kier molecular flexibility index (Phi) is 6.28. The van der Waals surface area contributed by atoms with Gasteiger partial charge in [0, 0.05) is 18.7 Å². The third kappa shape index (κ3) is 5.46. The molecule has 0 aliphatic rings. The number of ether oxygens (including phenoxy) is 1. The molecule has 0 heterocycles. The number of carbonyl (C=O) groups excluding carboxylic acids is 1. The van der Waals surface area contributed by atoms with Gasteiger partial charge in [0.05, 0.1) is 10.7 Å². The number of nitrogens with one attached hydrogen (secondary N) is 2. The molecule has 0 atom stereocenters. The zero-order valence-corrected chi connectivity index (χ0v) is 15.2. The highest BCUT2D eigenvalue weighted by atomic mass is 35.5. The maximum atomic E-state index is 13.1. The fraction of sp³-hybridized carbons (Fsp3) is 0.0952. The minimum atomic E-state index is -0.477. The summed E-state index contributed by atoms with van der Waals surface area (Å²) in [6.45, 7) is 0.384. The summed E-state index contributed by atoms with van der Waals surface area (Å²) in [4.78, 5) is 12.2. The number of rotatable bonds is 7. The number of amides is 1. The summed E-state index contributed by atoms with van der Waals surface area (Å²) >= 11 is 5.74. The summed E-state index contributed by atoms with van der Waals surface area (Å²) in [6.07, 6.45) is 0.231. The van der Waals surface area contributed by atoms with E-state index in [2.05, 4.69) is 10.6 Å². The summed E-state index contributed by atoms with van der Waals surface area (Å²) in [5.74, 6) is 0.610. The van der Waals surface area contributed by atoms with Crippen LogP contribution in [-0.4, -0.2) is 12.5 Å². The lowest BCUT2D eigenvalue weighted by molar-refractivity contribution is -0.116. The first-order valence-corrected chi connectivity index (χ1v) is 8.80. The second kappa shape index (κ2) is 9.05. The fourth-order valence-corrected chi connectivity index (χ4v) is 2.59. The van der Waals surface area contributed by atoms with Crippen LogP contribution in [0.4, 0.5) is 15.8 Å². The maximum absolute atomic E-state index is 13.1. The molecule has 6 heteroatoms. The van der Waals surface area contributed by atoms with Crippen molar-refractivity contribution in [3.63, 3.8) is 0 Å². The van der Waals surface area contributed by atoms with Crippen molar-refractivity contribution in [1.29, 1.82) is 0 Å². The highest BCUT2D eigenvalue weighted by molar-refractivity contribution is 6.31. The molecule has 0 fully saturated rings. The molecule has 0 unspecified atom stereocenters. The molecule has 0 saturated carbocycles. The Morgan fingerprint density at radius 1 is 1.00 bits per heavy atom. The largest absolute Gasteiger partial charge is 0.455 e. The maximum Gasteiger partial charge on any atom is 0.226 e. The molecule has 138 valence electrons. The van der Waals surface area contributed by atoms with Crippen molar-refractivity contribution in [3.05, 3.63) is 83.6 Å². The van der Waals surface area contributed by atoms with Gasteiger partial charge in [-0.2, -0.15) is 0 Å². The van der Waals surface area contributed by atoms with Gasteiger partial charge in [0.1, 0.15) is 11.6 Å². The minimum absolute atomic E-state index is 0.0384. The van der Waals surface area contributed by atoms with Crippen molar-refractivity contribution in [3.8, 4) is 11.5 Å². The second-order valence-corrected chi connectivity index (χ2v) is 6.17. The molecule has 27 heavy (non-hydrogen) atoms. The zero-order chi connectivity index (χ0) is 19.1. The molecule has 0 spiro atoms. The van der Waals surface area contributed by atoms with Crippen LogP contribution in [0.1, 0.15) is 6.42 Å². The third-order valence-corrected chi connectivity index (χ3v) is 4.02. The van der Waals surface area contributed by atoms with E-state index in [1.54, 1.807) is 18.2 Å². The standard InChI is InChI=1S/C21H18ClFN2O2/c22-17-14-15(10-11-18(17)23)24-13-12-21(26)25-19-8-4-5-9-20(19)27-16-6-2-1-3-7-16/h1-11,14,24H,12-13H2,(H,25,26). The van der Waals surface area contributed by atoms with E-state index in [1.807, 2.05) is 42.5 Å². The number of carbonyl (C=O) groups is 1. The molecule has 0 aliphatic heterocycles. The van der Waals surface area contributed by atoms with Crippen molar-refractivity contribution < 1.29 is 13.9 Å².